The topological polar surface area (TPSA) is 64.7 Å². The fourth-order valence-corrected chi connectivity index (χ4v) is 3.52. The maximum absolute atomic E-state index is 12.6. The SMILES string of the molecule is O=C(NCCCN1CCN(c2ccc(Cl)cc2)CC1)C(=O)Nc1ccc(C(F)(F)F)cc1. The van der Waals surface area contributed by atoms with Gasteiger partial charge < -0.3 is 15.5 Å². The van der Waals surface area contributed by atoms with Gasteiger partial charge in [0, 0.05) is 49.1 Å². The third kappa shape index (κ3) is 6.86. The Balaban J connectivity index is 1.33. The number of hydrogen-bond donors (Lipinski definition) is 2. The van der Waals surface area contributed by atoms with Crippen molar-refractivity contribution in [2.75, 3.05) is 49.5 Å². The Labute approximate surface area is 189 Å². The highest BCUT2D eigenvalue weighted by molar-refractivity contribution is 6.39. The molecular weight excluding hydrogens is 445 g/mol. The van der Waals surface area contributed by atoms with Gasteiger partial charge >= 0.3 is 18.0 Å². The lowest BCUT2D eigenvalue weighted by atomic mass is 10.2. The Bertz CT molecular complexity index is 912. The molecule has 2 amide bonds. The zero-order valence-electron chi connectivity index (χ0n) is 17.3. The van der Waals surface area contributed by atoms with Crippen LogP contribution in [0.1, 0.15) is 12.0 Å². The third-order valence-corrected chi connectivity index (χ3v) is 5.43. The summed E-state index contributed by atoms with van der Waals surface area (Å²) in [4.78, 5) is 28.4. The molecule has 32 heavy (non-hydrogen) atoms. The number of amides is 2. The van der Waals surface area contributed by atoms with Crippen molar-refractivity contribution >= 4 is 34.8 Å². The van der Waals surface area contributed by atoms with Crippen LogP contribution < -0.4 is 15.5 Å². The second-order valence-corrected chi connectivity index (χ2v) is 7.88. The molecule has 2 aromatic carbocycles. The summed E-state index contributed by atoms with van der Waals surface area (Å²) in [7, 11) is 0. The number of piperazine rings is 1. The van der Waals surface area contributed by atoms with Gasteiger partial charge in [0.15, 0.2) is 0 Å². The maximum Gasteiger partial charge on any atom is 0.416 e. The zero-order chi connectivity index (χ0) is 23.1. The number of halogens is 4. The second kappa shape index (κ2) is 10.7. The Morgan fingerprint density at radius 3 is 2.12 bits per heavy atom. The standard InChI is InChI=1S/C22H24ClF3N4O2/c23-17-4-8-19(9-5-17)30-14-12-29(13-15-30)11-1-10-27-20(31)21(32)28-18-6-2-16(3-7-18)22(24,25)26/h2-9H,1,10-15H2,(H,27,31)(H,28,32). The number of benzene rings is 2. The van der Waals surface area contributed by atoms with Crippen molar-refractivity contribution in [2.45, 2.75) is 12.6 Å². The summed E-state index contributed by atoms with van der Waals surface area (Å²) in [5, 5.41) is 5.54. The van der Waals surface area contributed by atoms with Gasteiger partial charge in [0.1, 0.15) is 0 Å². The summed E-state index contributed by atoms with van der Waals surface area (Å²) in [6.07, 6.45) is -3.78. The van der Waals surface area contributed by atoms with Crippen LogP contribution in [-0.4, -0.2) is 56.0 Å². The predicted octanol–water partition coefficient (Wildman–Crippen LogP) is 3.63. The highest BCUT2D eigenvalue weighted by atomic mass is 35.5. The number of nitrogens with zero attached hydrogens (tertiary/aromatic N) is 2. The number of anilines is 2. The van der Waals surface area contributed by atoms with E-state index in [-0.39, 0.29) is 5.69 Å². The number of nitrogens with one attached hydrogen (secondary N) is 2. The third-order valence-electron chi connectivity index (χ3n) is 5.18. The van der Waals surface area contributed by atoms with E-state index >= 15 is 0 Å². The van der Waals surface area contributed by atoms with Gasteiger partial charge in [-0.2, -0.15) is 13.2 Å². The number of carbonyl (C=O) groups is 2. The van der Waals surface area contributed by atoms with Crippen molar-refractivity contribution in [1.82, 2.24) is 10.2 Å². The van der Waals surface area contributed by atoms with Crippen LogP contribution in [0.25, 0.3) is 0 Å². The molecule has 6 nitrogen and oxygen atoms in total. The van der Waals surface area contributed by atoms with Gasteiger partial charge in [0.2, 0.25) is 0 Å². The van der Waals surface area contributed by atoms with Gasteiger partial charge in [-0.3, -0.25) is 14.5 Å². The first-order valence-corrected chi connectivity index (χ1v) is 10.6. The molecular formula is C22H24ClF3N4O2. The fraction of sp³-hybridized carbons (Fsp3) is 0.364. The van der Waals surface area contributed by atoms with E-state index in [2.05, 4.69) is 20.4 Å². The van der Waals surface area contributed by atoms with Crippen molar-refractivity contribution < 1.29 is 22.8 Å². The van der Waals surface area contributed by atoms with E-state index in [9.17, 15) is 22.8 Å². The second-order valence-electron chi connectivity index (χ2n) is 7.44. The van der Waals surface area contributed by atoms with Crippen molar-refractivity contribution in [3.8, 4) is 0 Å². The Morgan fingerprint density at radius 1 is 0.906 bits per heavy atom. The molecule has 2 aromatic rings. The molecule has 0 unspecified atom stereocenters. The molecule has 172 valence electrons. The molecule has 3 rings (SSSR count). The molecule has 1 fully saturated rings. The first-order valence-electron chi connectivity index (χ1n) is 10.2. The number of hydrogen-bond acceptors (Lipinski definition) is 4. The van der Waals surface area contributed by atoms with E-state index in [0.717, 1.165) is 62.7 Å². The van der Waals surface area contributed by atoms with Crippen LogP contribution in [0.2, 0.25) is 5.02 Å². The average molecular weight is 469 g/mol. The smallest absolute Gasteiger partial charge is 0.369 e. The minimum absolute atomic E-state index is 0.122. The van der Waals surface area contributed by atoms with Crippen LogP contribution in [0.5, 0.6) is 0 Å². The lowest BCUT2D eigenvalue weighted by molar-refractivity contribution is -0.137. The molecule has 1 saturated heterocycles. The molecule has 0 aliphatic carbocycles. The number of rotatable bonds is 6. The maximum atomic E-state index is 12.6. The van der Waals surface area contributed by atoms with Crippen LogP contribution in [0.3, 0.4) is 0 Å². The summed E-state index contributed by atoms with van der Waals surface area (Å²) >= 11 is 5.93. The zero-order valence-corrected chi connectivity index (χ0v) is 18.0. The summed E-state index contributed by atoms with van der Waals surface area (Å²) in [5.41, 5.74) is 0.436. The van der Waals surface area contributed by atoms with E-state index in [1.165, 1.54) is 0 Å². The Kier molecular flexibility index (Phi) is 7.98. The van der Waals surface area contributed by atoms with Crippen molar-refractivity contribution in [2.24, 2.45) is 0 Å². The Morgan fingerprint density at radius 2 is 1.53 bits per heavy atom. The van der Waals surface area contributed by atoms with E-state index in [4.69, 9.17) is 11.6 Å². The molecule has 10 heteroatoms. The molecule has 2 N–H and O–H groups in total. The van der Waals surface area contributed by atoms with Gasteiger partial charge in [-0.1, -0.05) is 11.6 Å². The first-order chi connectivity index (χ1) is 15.2. The van der Waals surface area contributed by atoms with Crippen LogP contribution in [0.4, 0.5) is 24.5 Å². The van der Waals surface area contributed by atoms with E-state index in [1.54, 1.807) is 0 Å². The number of alkyl halides is 3. The molecule has 0 aromatic heterocycles. The van der Waals surface area contributed by atoms with Gasteiger partial charge in [-0.15, -0.1) is 0 Å². The first kappa shape index (κ1) is 23.9. The monoisotopic (exact) mass is 468 g/mol. The van der Waals surface area contributed by atoms with Crippen LogP contribution in [0.15, 0.2) is 48.5 Å². The number of carbonyl (C=O) groups excluding carboxylic acids is 2. The van der Waals surface area contributed by atoms with Gasteiger partial charge in [-0.05, 0) is 61.5 Å². The minimum Gasteiger partial charge on any atom is -0.369 e. The van der Waals surface area contributed by atoms with E-state index < -0.39 is 23.6 Å². The molecule has 0 atom stereocenters. The summed E-state index contributed by atoms with van der Waals surface area (Å²) < 4.78 is 37.7. The van der Waals surface area contributed by atoms with Crippen molar-refractivity contribution in [3.05, 3.63) is 59.1 Å². The molecule has 0 saturated carbocycles. The lowest BCUT2D eigenvalue weighted by Gasteiger charge is -2.36. The van der Waals surface area contributed by atoms with Gasteiger partial charge in [0.05, 0.1) is 5.56 Å². The quantitative estimate of drug-likeness (QED) is 0.502. The fourth-order valence-electron chi connectivity index (χ4n) is 3.40. The van der Waals surface area contributed by atoms with Crippen molar-refractivity contribution in [3.63, 3.8) is 0 Å². The molecule has 0 spiro atoms. The van der Waals surface area contributed by atoms with Crippen LogP contribution >= 0.6 is 11.6 Å². The summed E-state index contributed by atoms with van der Waals surface area (Å²) in [6.45, 7) is 4.69. The average Bonchev–Trinajstić information content (AvgIpc) is 2.77. The summed E-state index contributed by atoms with van der Waals surface area (Å²) in [6, 6.07) is 11.7. The van der Waals surface area contributed by atoms with Crippen LogP contribution in [-0.2, 0) is 15.8 Å². The van der Waals surface area contributed by atoms with Crippen molar-refractivity contribution in [1.29, 1.82) is 0 Å². The molecule has 1 heterocycles. The normalized spacial score (nSPS) is 14.8. The minimum atomic E-state index is -4.46. The molecule has 0 radical (unpaired) electrons. The lowest BCUT2D eigenvalue weighted by Crippen LogP contribution is -2.47. The Hall–Kier alpha value is -2.78. The van der Waals surface area contributed by atoms with Gasteiger partial charge in [0.25, 0.3) is 0 Å². The molecule has 1 aliphatic rings. The van der Waals surface area contributed by atoms with Crippen LogP contribution in [0, 0.1) is 0 Å². The summed E-state index contributed by atoms with van der Waals surface area (Å²) in [5.74, 6) is -1.74. The largest absolute Gasteiger partial charge is 0.416 e. The highest BCUT2D eigenvalue weighted by Gasteiger charge is 2.30. The molecule has 1 aliphatic heterocycles. The molecule has 0 bridgehead atoms. The van der Waals surface area contributed by atoms with Gasteiger partial charge in [-0.25, -0.2) is 0 Å². The van der Waals surface area contributed by atoms with E-state index in [1.807, 2.05) is 24.3 Å². The van der Waals surface area contributed by atoms with E-state index in [0.29, 0.717) is 18.0 Å². The predicted molar refractivity (Wildman–Crippen MR) is 118 cm³/mol. The highest BCUT2D eigenvalue weighted by Crippen LogP contribution is 2.29.